The summed E-state index contributed by atoms with van der Waals surface area (Å²) in [6, 6.07) is 1.76. The number of likely N-dealkylation sites (N-methyl/N-ethyl adjacent to an activating group) is 1. The second-order valence-electron chi connectivity index (χ2n) is 6.54. The molecule has 0 unspecified atom stereocenters. The lowest BCUT2D eigenvalue weighted by atomic mass is 10.0. The molecule has 2 aliphatic heterocycles. The SMILES string of the molecule is CN(C)C(=O)CN1C[C@H]2CCN(c3ncccn3)CC[C@H]2S1(=O)=O. The summed E-state index contributed by atoms with van der Waals surface area (Å²) in [5, 5.41) is -0.416. The first-order chi connectivity index (χ1) is 11.4. The Kier molecular flexibility index (Phi) is 4.73. The minimum absolute atomic E-state index is 0.0543. The molecule has 132 valence electrons. The number of carbonyl (C=O) groups is 1. The molecule has 3 heterocycles. The lowest BCUT2D eigenvalue weighted by Crippen LogP contribution is -2.39. The van der Waals surface area contributed by atoms with Gasteiger partial charge in [0.05, 0.1) is 11.8 Å². The molecule has 8 nitrogen and oxygen atoms in total. The molecule has 24 heavy (non-hydrogen) atoms. The number of rotatable bonds is 3. The number of fused-ring (bicyclic) bond motifs is 1. The highest BCUT2D eigenvalue weighted by Gasteiger charge is 2.47. The number of aromatic nitrogens is 2. The maximum Gasteiger partial charge on any atom is 0.237 e. The fourth-order valence-corrected chi connectivity index (χ4v) is 5.58. The Morgan fingerprint density at radius 3 is 2.58 bits per heavy atom. The van der Waals surface area contributed by atoms with Crippen LogP contribution >= 0.6 is 0 Å². The van der Waals surface area contributed by atoms with E-state index in [0.717, 1.165) is 13.0 Å². The summed E-state index contributed by atoms with van der Waals surface area (Å²) in [6.07, 6.45) is 4.69. The second-order valence-corrected chi connectivity index (χ2v) is 8.69. The number of carbonyl (C=O) groups excluding carboxylic acids is 1. The maximum atomic E-state index is 12.8. The summed E-state index contributed by atoms with van der Waals surface area (Å²) in [7, 11) is -0.148. The van der Waals surface area contributed by atoms with Crippen LogP contribution in [0.5, 0.6) is 0 Å². The van der Waals surface area contributed by atoms with E-state index in [1.165, 1.54) is 9.21 Å². The van der Waals surface area contributed by atoms with E-state index in [4.69, 9.17) is 0 Å². The van der Waals surface area contributed by atoms with Gasteiger partial charge in [-0.3, -0.25) is 4.79 Å². The van der Waals surface area contributed by atoms with Gasteiger partial charge in [-0.2, -0.15) is 4.31 Å². The van der Waals surface area contributed by atoms with Crippen molar-refractivity contribution in [1.29, 1.82) is 0 Å². The zero-order valence-electron chi connectivity index (χ0n) is 14.0. The average molecular weight is 353 g/mol. The highest BCUT2D eigenvalue weighted by molar-refractivity contribution is 7.90. The van der Waals surface area contributed by atoms with Crippen molar-refractivity contribution in [3.8, 4) is 0 Å². The lowest BCUT2D eigenvalue weighted by Gasteiger charge is -2.22. The molecular formula is C15H23N5O3S. The Balaban J connectivity index is 1.72. The van der Waals surface area contributed by atoms with Crippen LogP contribution in [0.3, 0.4) is 0 Å². The van der Waals surface area contributed by atoms with Crippen LogP contribution < -0.4 is 4.90 Å². The first-order valence-corrected chi connectivity index (χ1v) is 9.61. The Labute approximate surface area is 142 Å². The Hall–Kier alpha value is -1.74. The predicted molar refractivity (Wildman–Crippen MR) is 89.9 cm³/mol. The summed E-state index contributed by atoms with van der Waals surface area (Å²) in [5.41, 5.74) is 0. The summed E-state index contributed by atoms with van der Waals surface area (Å²) in [5.74, 6) is 0.516. The van der Waals surface area contributed by atoms with E-state index in [0.29, 0.717) is 25.5 Å². The summed E-state index contributed by atoms with van der Waals surface area (Å²) in [4.78, 5) is 23.9. The third-order valence-electron chi connectivity index (χ3n) is 4.81. The fraction of sp³-hybridized carbons (Fsp3) is 0.667. The number of sulfonamides is 1. The number of amides is 1. The van der Waals surface area contributed by atoms with Gasteiger partial charge in [-0.05, 0) is 24.8 Å². The molecule has 0 spiro atoms. The molecule has 2 saturated heterocycles. The summed E-state index contributed by atoms with van der Waals surface area (Å²) in [6.45, 7) is 1.71. The van der Waals surface area contributed by atoms with E-state index in [-0.39, 0.29) is 18.4 Å². The van der Waals surface area contributed by atoms with Crippen molar-refractivity contribution >= 4 is 21.9 Å². The molecule has 1 amide bonds. The zero-order chi connectivity index (χ0) is 17.3. The summed E-state index contributed by atoms with van der Waals surface area (Å²) >= 11 is 0. The number of anilines is 1. The summed E-state index contributed by atoms with van der Waals surface area (Å²) < 4.78 is 26.9. The molecule has 2 atom stereocenters. The number of nitrogens with zero attached hydrogens (tertiary/aromatic N) is 5. The normalized spacial score (nSPS) is 26.7. The molecule has 0 aromatic carbocycles. The lowest BCUT2D eigenvalue weighted by molar-refractivity contribution is -0.128. The van der Waals surface area contributed by atoms with Crippen molar-refractivity contribution in [1.82, 2.24) is 19.2 Å². The van der Waals surface area contributed by atoms with E-state index in [2.05, 4.69) is 9.97 Å². The van der Waals surface area contributed by atoms with Crippen molar-refractivity contribution in [2.24, 2.45) is 5.92 Å². The van der Waals surface area contributed by atoms with Crippen LogP contribution in [0.4, 0.5) is 5.95 Å². The highest BCUT2D eigenvalue weighted by Crippen LogP contribution is 2.34. The third kappa shape index (κ3) is 3.23. The molecule has 0 aliphatic carbocycles. The number of hydrogen-bond donors (Lipinski definition) is 0. The maximum absolute atomic E-state index is 12.8. The fourth-order valence-electron chi connectivity index (χ4n) is 3.40. The van der Waals surface area contributed by atoms with Crippen molar-refractivity contribution in [2.45, 2.75) is 18.1 Å². The van der Waals surface area contributed by atoms with Crippen LogP contribution in [-0.2, 0) is 14.8 Å². The zero-order valence-corrected chi connectivity index (χ0v) is 14.8. The highest BCUT2D eigenvalue weighted by atomic mass is 32.2. The quantitative estimate of drug-likeness (QED) is 0.748. The van der Waals surface area contributed by atoms with Crippen molar-refractivity contribution in [3.05, 3.63) is 18.5 Å². The molecule has 0 saturated carbocycles. The van der Waals surface area contributed by atoms with Gasteiger partial charge >= 0.3 is 0 Å². The number of hydrogen-bond acceptors (Lipinski definition) is 6. The van der Waals surface area contributed by atoms with Gasteiger partial charge in [0.15, 0.2) is 0 Å². The molecule has 0 N–H and O–H groups in total. The van der Waals surface area contributed by atoms with E-state index in [1.54, 1.807) is 32.6 Å². The first kappa shape index (κ1) is 17.1. The molecule has 1 aromatic heterocycles. The Morgan fingerprint density at radius 1 is 1.25 bits per heavy atom. The first-order valence-electron chi connectivity index (χ1n) is 8.10. The van der Waals surface area contributed by atoms with E-state index in [9.17, 15) is 13.2 Å². The van der Waals surface area contributed by atoms with Crippen molar-refractivity contribution < 1.29 is 13.2 Å². The van der Waals surface area contributed by atoms with Gasteiger partial charge in [-0.25, -0.2) is 18.4 Å². The Bertz CT molecular complexity index is 694. The molecule has 1 aromatic rings. The smallest absolute Gasteiger partial charge is 0.237 e. The van der Waals surface area contributed by atoms with Crippen LogP contribution in [0.25, 0.3) is 0 Å². The minimum Gasteiger partial charge on any atom is -0.348 e. The average Bonchev–Trinajstić information content (AvgIpc) is 2.70. The van der Waals surface area contributed by atoms with Crippen molar-refractivity contribution in [3.63, 3.8) is 0 Å². The molecule has 2 fully saturated rings. The standard InChI is InChI=1S/C15H23N5O3S/c1-18(2)14(21)11-20-10-12-4-8-19(15-16-6-3-7-17-15)9-5-13(12)24(20,22)23/h3,6-7,12-13H,4-5,8-11H2,1-2H3/t12-,13-/m1/s1. The van der Waals surface area contributed by atoms with Gasteiger partial charge in [0, 0.05) is 46.1 Å². The van der Waals surface area contributed by atoms with Crippen LogP contribution in [0, 0.1) is 5.92 Å². The van der Waals surface area contributed by atoms with Crippen LogP contribution in [0.2, 0.25) is 0 Å². The molecule has 0 radical (unpaired) electrons. The van der Waals surface area contributed by atoms with Crippen LogP contribution in [-0.4, -0.2) is 79.0 Å². The van der Waals surface area contributed by atoms with E-state index < -0.39 is 15.3 Å². The van der Waals surface area contributed by atoms with Gasteiger partial charge in [-0.1, -0.05) is 0 Å². The van der Waals surface area contributed by atoms with Gasteiger partial charge in [0.1, 0.15) is 0 Å². The molecule has 0 bridgehead atoms. The van der Waals surface area contributed by atoms with E-state index >= 15 is 0 Å². The Morgan fingerprint density at radius 2 is 1.92 bits per heavy atom. The molecule has 9 heteroatoms. The van der Waals surface area contributed by atoms with E-state index in [1.807, 2.05) is 4.90 Å². The van der Waals surface area contributed by atoms with Gasteiger partial charge in [-0.15, -0.1) is 0 Å². The largest absolute Gasteiger partial charge is 0.348 e. The van der Waals surface area contributed by atoms with Gasteiger partial charge < -0.3 is 9.80 Å². The molecule has 3 rings (SSSR count). The van der Waals surface area contributed by atoms with Gasteiger partial charge in [0.2, 0.25) is 21.9 Å². The monoisotopic (exact) mass is 353 g/mol. The molecule has 2 aliphatic rings. The molecular weight excluding hydrogens is 330 g/mol. The topological polar surface area (TPSA) is 86.7 Å². The minimum atomic E-state index is -3.43. The van der Waals surface area contributed by atoms with Gasteiger partial charge in [0.25, 0.3) is 0 Å². The van der Waals surface area contributed by atoms with Crippen LogP contribution in [0.15, 0.2) is 18.5 Å². The van der Waals surface area contributed by atoms with Crippen LogP contribution in [0.1, 0.15) is 12.8 Å². The predicted octanol–water partition coefficient (Wildman–Crippen LogP) is -0.205. The second kappa shape index (κ2) is 6.64. The van der Waals surface area contributed by atoms with Crippen molar-refractivity contribution in [2.75, 3.05) is 45.2 Å². The third-order valence-corrected chi connectivity index (χ3v) is 7.19.